The average Bonchev–Trinajstić information content (AvgIpc) is 2.44. The number of rotatable bonds is 0. The largest absolute Gasteiger partial charge is 0.0619 e. The molecule has 0 aromatic carbocycles. The highest BCUT2D eigenvalue weighted by Crippen LogP contribution is 3.05. The SMILES string of the molecule is C[C@H]1CC2(C)C3C1(C)C32C. The smallest absolute Gasteiger partial charge is 0.0170 e. The summed E-state index contributed by atoms with van der Waals surface area (Å²) in [7, 11) is 0. The Bertz CT molecular complexity index is 224. The second-order valence-corrected chi connectivity index (χ2v) is 5.44. The highest BCUT2D eigenvalue weighted by atomic mass is 15.0. The summed E-state index contributed by atoms with van der Waals surface area (Å²) >= 11 is 0. The summed E-state index contributed by atoms with van der Waals surface area (Å²) < 4.78 is 0. The number of fused-ring (bicyclic) bond motifs is 1. The van der Waals surface area contributed by atoms with Crippen molar-refractivity contribution < 1.29 is 0 Å². The summed E-state index contributed by atoms with van der Waals surface area (Å²) in [4.78, 5) is 0. The molecular weight excluding hydrogens is 120 g/mol. The first-order valence-electron chi connectivity index (χ1n) is 4.49. The third-order valence-corrected chi connectivity index (χ3v) is 5.71. The van der Waals surface area contributed by atoms with Gasteiger partial charge < -0.3 is 0 Å². The normalized spacial score (nSPS) is 82.8. The molecule has 4 aliphatic carbocycles. The summed E-state index contributed by atoms with van der Waals surface area (Å²) in [6.07, 6.45) is 1.50. The highest BCUT2D eigenvalue weighted by molar-refractivity contribution is 5.47. The minimum absolute atomic E-state index is 0.780. The maximum Gasteiger partial charge on any atom is -0.0170 e. The van der Waals surface area contributed by atoms with Crippen LogP contribution in [0.3, 0.4) is 0 Å². The van der Waals surface area contributed by atoms with Gasteiger partial charge in [-0.3, -0.25) is 0 Å². The van der Waals surface area contributed by atoms with Crippen LogP contribution in [0.25, 0.3) is 0 Å². The molecule has 0 spiro atoms. The van der Waals surface area contributed by atoms with Crippen LogP contribution in [0, 0.1) is 28.1 Å². The van der Waals surface area contributed by atoms with Crippen molar-refractivity contribution in [1.82, 2.24) is 0 Å². The van der Waals surface area contributed by atoms with E-state index >= 15 is 0 Å². The van der Waals surface area contributed by atoms with E-state index in [4.69, 9.17) is 0 Å². The van der Waals surface area contributed by atoms with Gasteiger partial charge in [0.1, 0.15) is 0 Å². The molecule has 0 aromatic rings. The minimum atomic E-state index is 0.780. The third kappa shape index (κ3) is 0.212. The molecule has 0 aromatic heterocycles. The predicted molar refractivity (Wildman–Crippen MR) is 41.6 cm³/mol. The van der Waals surface area contributed by atoms with Crippen molar-refractivity contribution in [2.24, 2.45) is 28.1 Å². The zero-order valence-electron chi connectivity index (χ0n) is 7.36. The van der Waals surface area contributed by atoms with Crippen LogP contribution < -0.4 is 0 Å². The van der Waals surface area contributed by atoms with Gasteiger partial charge in [-0.15, -0.1) is 0 Å². The lowest BCUT2D eigenvalue weighted by Gasteiger charge is -2.21. The van der Waals surface area contributed by atoms with Crippen molar-refractivity contribution in [3.8, 4) is 0 Å². The fourth-order valence-corrected chi connectivity index (χ4v) is 4.88. The maximum atomic E-state index is 2.50. The van der Waals surface area contributed by atoms with Crippen molar-refractivity contribution in [3.05, 3.63) is 0 Å². The molecular formula is C10H16. The molecule has 0 nitrogen and oxygen atoms in total. The predicted octanol–water partition coefficient (Wildman–Crippen LogP) is 2.69. The summed E-state index contributed by atoms with van der Waals surface area (Å²) in [5.41, 5.74) is 2.36. The van der Waals surface area contributed by atoms with Gasteiger partial charge in [-0.25, -0.2) is 0 Å². The first-order valence-corrected chi connectivity index (χ1v) is 4.49. The Balaban J connectivity index is 2.13. The van der Waals surface area contributed by atoms with E-state index in [0.717, 1.165) is 28.1 Å². The number of hydrogen-bond acceptors (Lipinski definition) is 0. The van der Waals surface area contributed by atoms with Crippen LogP contribution in [0.4, 0.5) is 0 Å². The van der Waals surface area contributed by atoms with Crippen LogP contribution in [-0.2, 0) is 0 Å². The molecule has 0 saturated heterocycles. The molecule has 0 N–H and O–H groups in total. The van der Waals surface area contributed by atoms with Gasteiger partial charge >= 0.3 is 0 Å². The lowest BCUT2D eigenvalue weighted by molar-refractivity contribution is 0.257. The summed E-state index contributed by atoms with van der Waals surface area (Å²) in [5, 5.41) is 0. The van der Waals surface area contributed by atoms with Crippen LogP contribution >= 0.6 is 0 Å². The fourth-order valence-electron chi connectivity index (χ4n) is 4.88. The van der Waals surface area contributed by atoms with E-state index < -0.39 is 0 Å². The van der Waals surface area contributed by atoms with E-state index in [-0.39, 0.29) is 0 Å². The van der Waals surface area contributed by atoms with Gasteiger partial charge in [0.15, 0.2) is 0 Å². The molecule has 4 fully saturated rings. The molecule has 4 aliphatic rings. The highest BCUT2D eigenvalue weighted by Gasteiger charge is 3.01. The van der Waals surface area contributed by atoms with Gasteiger partial charge in [-0.2, -0.15) is 0 Å². The molecule has 0 heterocycles. The molecule has 5 atom stereocenters. The van der Waals surface area contributed by atoms with Crippen LogP contribution in [0.1, 0.15) is 34.1 Å². The van der Waals surface area contributed by atoms with Crippen LogP contribution in [-0.4, -0.2) is 0 Å². The first kappa shape index (κ1) is 5.62. The van der Waals surface area contributed by atoms with Gasteiger partial charge in [-0.05, 0) is 34.5 Å². The Morgan fingerprint density at radius 2 is 1.70 bits per heavy atom. The van der Waals surface area contributed by atoms with Gasteiger partial charge in [0.05, 0.1) is 0 Å². The summed E-state index contributed by atoms with van der Waals surface area (Å²) in [6, 6.07) is 0. The van der Waals surface area contributed by atoms with Gasteiger partial charge in [0.25, 0.3) is 0 Å². The molecule has 0 amide bonds. The molecule has 0 aliphatic heterocycles. The molecule has 56 valence electrons. The van der Waals surface area contributed by atoms with Gasteiger partial charge in [0, 0.05) is 0 Å². The quantitative estimate of drug-likeness (QED) is 0.480. The first-order chi connectivity index (χ1) is 4.49. The Morgan fingerprint density at radius 1 is 1.20 bits per heavy atom. The van der Waals surface area contributed by atoms with Crippen LogP contribution in [0.2, 0.25) is 0 Å². The Kier molecular flexibility index (Phi) is 0.518. The van der Waals surface area contributed by atoms with E-state index in [1.165, 1.54) is 6.42 Å². The van der Waals surface area contributed by atoms with E-state index in [1.807, 2.05) is 0 Å². The Labute approximate surface area is 63.0 Å². The van der Waals surface area contributed by atoms with Crippen molar-refractivity contribution in [3.63, 3.8) is 0 Å². The molecule has 4 rings (SSSR count). The van der Waals surface area contributed by atoms with E-state index in [9.17, 15) is 0 Å². The van der Waals surface area contributed by atoms with Crippen molar-refractivity contribution in [1.29, 1.82) is 0 Å². The lowest BCUT2D eigenvalue weighted by atomic mass is 9.82. The average molecular weight is 136 g/mol. The second kappa shape index (κ2) is 0.922. The van der Waals surface area contributed by atoms with Gasteiger partial charge in [-0.1, -0.05) is 27.7 Å². The topological polar surface area (TPSA) is 0 Å². The molecule has 10 heavy (non-hydrogen) atoms. The lowest BCUT2D eigenvalue weighted by Crippen LogP contribution is -2.16. The monoisotopic (exact) mass is 136 g/mol. The molecule has 4 unspecified atom stereocenters. The molecule has 0 radical (unpaired) electrons. The zero-order chi connectivity index (χ0) is 7.36. The van der Waals surface area contributed by atoms with Crippen LogP contribution in [0.5, 0.6) is 0 Å². The summed E-state index contributed by atoms with van der Waals surface area (Å²) in [6.45, 7) is 9.93. The van der Waals surface area contributed by atoms with Crippen molar-refractivity contribution in [2.45, 2.75) is 34.1 Å². The zero-order valence-corrected chi connectivity index (χ0v) is 7.36. The third-order valence-electron chi connectivity index (χ3n) is 5.71. The fraction of sp³-hybridized carbons (Fsp3) is 1.00. The second-order valence-electron chi connectivity index (χ2n) is 5.44. The van der Waals surface area contributed by atoms with Gasteiger partial charge in [0.2, 0.25) is 0 Å². The van der Waals surface area contributed by atoms with Crippen LogP contribution in [0.15, 0.2) is 0 Å². The van der Waals surface area contributed by atoms with Crippen molar-refractivity contribution >= 4 is 0 Å². The van der Waals surface area contributed by atoms with E-state index in [2.05, 4.69) is 27.7 Å². The maximum absolute atomic E-state index is 2.50. The molecule has 2 bridgehead atoms. The number of hydrogen-bond donors (Lipinski definition) is 0. The Morgan fingerprint density at radius 3 is 1.80 bits per heavy atom. The summed E-state index contributed by atoms with van der Waals surface area (Å²) in [5.74, 6) is 2.12. The minimum Gasteiger partial charge on any atom is -0.0619 e. The Hall–Kier alpha value is 0. The molecule has 4 saturated carbocycles. The van der Waals surface area contributed by atoms with Crippen molar-refractivity contribution in [2.75, 3.05) is 0 Å². The molecule has 0 heteroatoms. The standard InChI is InChI=1S/C10H16/c1-6-5-8(2)7-9(6,3)10(7,8)4/h6-7H,5H2,1-4H3/t6-,7?,8?,9?,10?/m0/s1. The van der Waals surface area contributed by atoms with E-state index in [0.29, 0.717) is 0 Å². The van der Waals surface area contributed by atoms with E-state index in [1.54, 1.807) is 0 Å².